The standard InChI is InChI=1S/C15H14N2/c1-2-6-13(7-3-1)16-10-12-11-17-15-9-5-4-8-14(12)15/h1-9,11,16-17H,10H2. The number of para-hydroxylation sites is 2. The monoisotopic (exact) mass is 222 g/mol. The summed E-state index contributed by atoms with van der Waals surface area (Å²) in [6, 6.07) is 18.6. The lowest BCUT2D eigenvalue weighted by Gasteiger charge is -2.04. The van der Waals surface area contributed by atoms with Gasteiger partial charge >= 0.3 is 0 Å². The highest BCUT2D eigenvalue weighted by Gasteiger charge is 2.01. The molecule has 0 aliphatic carbocycles. The molecule has 1 heterocycles. The van der Waals surface area contributed by atoms with Gasteiger partial charge in [-0.2, -0.15) is 0 Å². The first kappa shape index (κ1) is 9.97. The number of nitrogens with one attached hydrogen (secondary N) is 2. The summed E-state index contributed by atoms with van der Waals surface area (Å²) in [5.41, 5.74) is 3.64. The van der Waals surface area contributed by atoms with Crippen LogP contribution in [0.25, 0.3) is 10.9 Å². The third-order valence-corrected chi connectivity index (χ3v) is 2.93. The normalized spacial score (nSPS) is 10.6. The number of rotatable bonds is 3. The van der Waals surface area contributed by atoms with Crippen molar-refractivity contribution in [2.75, 3.05) is 5.32 Å². The summed E-state index contributed by atoms with van der Waals surface area (Å²) in [5.74, 6) is 0. The van der Waals surface area contributed by atoms with Crippen LogP contribution in [0.5, 0.6) is 0 Å². The molecule has 3 rings (SSSR count). The summed E-state index contributed by atoms with van der Waals surface area (Å²) in [7, 11) is 0. The average Bonchev–Trinajstić information content (AvgIpc) is 2.81. The molecule has 0 fully saturated rings. The molecule has 2 aromatic carbocycles. The summed E-state index contributed by atoms with van der Waals surface area (Å²) in [6.45, 7) is 0.841. The van der Waals surface area contributed by atoms with Gasteiger partial charge in [0, 0.05) is 29.3 Å². The van der Waals surface area contributed by atoms with E-state index in [-0.39, 0.29) is 0 Å². The van der Waals surface area contributed by atoms with Crippen LogP contribution in [0.3, 0.4) is 0 Å². The smallest absolute Gasteiger partial charge is 0.0457 e. The summed E-state index contributed by atoms with van der Waals surface area (Å²) in [4.78, 5) is 3.28. The third-order valence-electron chi connectivity index (χ3n) is 2.93. The zero-order chi connectivity index (χ0) is 11.5. The van der Waals surface area contributed by atoms with E-state index in [0.717, 1.165) is 12.2 Å². The average molecular weight is 222 g/mol. The Morgan fingerprint density at radius 1 is 0.882 bits per heavy atom. The van der Waals surface area contributed by atoms with Crippen LogP contribution in [0, 0.1) is 0 Å². The zero-order valence-electron chi connectivity index (χ0n) is 9.48. The summed E-state index contributed by atoms with van der Waals surface area (Å²) in [6.07, 6.45) is 2.07. The second-order valence-electron chi connectivity index (χ2n) is 4.08. The Bertz CT molecular complexity index is 611. The molecule has 2 N–H and O–H groups in total. The number of hydrogen-bond acceptors (Lipinski definition) is 1. The number of benzene rings is 2. The third kappa shape index (κ3) is 2.02. The number of fused-ring (bicyclic) bond motifs is 1. The van der Waals surface area contributed by atoms with E-state index in [2.05, 4.69) is 46.8 Å². The van der Waals surface area contributed by atoms with Crippen LogP contribution in [0.4, 0.5) is 5.69 Å². The molecule has 2 nitrogen and oxygen atoms in total. The van der Waals surface area contributed by atoms with E-state index >= 15 is 0 Å². The Morgan fingerprint density at radius 2 is 1.65 bits per heavy atom. The minimum absolute atomic E-state index is 0.841. The fourth-order valence-electron chi connectivity index (χ4n) is 2.03. The molecule has 0 saturated heterocycles. The first-order valence-corrected chi connectivity index (χ1v) is 5.77. The summed E-state index contributed by atoms with van der Waals surface area (Å²) in [5, 5.41) is 4.71. The largest absolute Gasteiger partial charge is 0.381 e. The Morgan fingerprint density at radius 3 is 2.53 bits per heavy atom. The van der Waals surface area contributed by atoms with Crippen LogP contribution in [0.15, 0.2) is 60.8 Å². The molecular formula is C15H14N2. The van der Waals surface area contributed by atoms with Gasteiger partial charge in [0.2, 0.25) is 0 Å². The minimum Gasteiger partial charge on any atom is -0.381 e. The van der Waals surface area contributed by atoms with E-state index in [1.807, 2.05) is 24.3 Å². The molecule has 0 unspecified atom stereocenters. The van der Waals surface area contributed by atoms with Crippen LogP contribution in [0.2, 0.25) is 0 Å². The molecule has 2 heteroatoms. The van der Waals surface area contributed by atoms with Crippen molar-refractivity contribution in [3.05, 3.63) is 66.4 Å². The highest BCUT2D eigenvalue weighted by molar-refractivity contribution is 5.83. The molecule has 0 bridgehead atoms. The Labute approximate surface area is 100 Å². The van der Waals surface area contributed by atoms with Crippen molar-refractivity contribution >= 4 is 16.6 Å². The molecule has 0 atom stereocenters. The van der Waals surface area contributed by atoms with Gasteiger partial charge < -0.3 is 10.3 Å². The maximum atomic E-state index is 3.42. The predicted molar refractivity (Wildman–Crippen MR) is 72.1 cm³/mol. The van der Waals surface area contributed by atoms with Crippen molar-refractivity contribution in [1.82, 2.24) is 4.98 Å². The van der Waals surface area contributed by atoms with Gasteiger partial charge in [0.25, 0.3) is 0 Å². The topological polar surface area (TPSA) is 27.8 Å². The van der Waals surface area contributed by atoms with Gasteiger partial charge in [-0.05, 0) is 23.8 Å². The van der Waals surface area contributed by atoms with Crippen LogP contribution < -0.4 is 5.32 Å². The molecule has 17 heavy (non-hydrogen) atoms. The van der Waals surface area contributed by atoms with Gasteiger partial charge in [-0.25, -0.2) is 0 Å². The number of H-pyrrole nitrogens is 1. The fraction of sp³-hybridized carbons (Fsp3) is 0.0667. The number of hydrogen-bond donors (Lipinski definition) is 2. The van der Waals surface area contributed by atoms with Crippen LogP contribution in [-0.2, 0) is 6.54 Å². The van der Waals surface area contributed by atoms with Crippen molar-refractivity contribution < 1.29 is 0 Å². The number of aromatic nitrogens is 1. The van der Waals surface area contributed by atoms with Gasteiger partial charge in [0.05, 0.1) is 0 Å². The molecule has 84 valence electrons. The quantitative estimate of drug-likeness (QED) is 0.693. The van der Waals surface area contributed by atoms with Gasteiger partial charge in [-0.3, -0.25) is 0 Å². The second kappa shape index (κ2) is 4.34. The summed E-state index contributed by atoms with van der Waals surface area (Å²) < 4.78 is 0. The number of anilines is 1. The maximum Gasteiger partial charge on any atom is 0.0457 e. The van der Waals surface area contributed by atoms with Gasteiger partial charge in [-0.15, -0.1) is 0 Å². The SMILES string of the molecule is c1ccc(NCc2c[nH]c3ccccc23)cc1. The van der Waals surface area contributed by atoms with E-state index in [4.69, 9.17) is 0 Å². The zero-order valence-corrected chi connectivity index (χ0v) is 9.48. The lowest BCUT2D eigenvalue weighted by atomic mass is 10.2. The number of aromatic amines is 1. The van der Waals surface area contributed by atoms with E-state index < -0.39 is 0 Å². The van der Waals surface area contributed by atoms with Crippen molar-refractivity contribution in [1.29, 1.82) is 0 Å². The highest BCUT2D eigenvalue weighted by atomic mass is 14.9. The van der Waals surface area contributed by atoms with Gasteiger partial charge in [0.1, 0.15) is 0 Å². The molecular weight excluding hydrogens is 208 g/mol. The minimum atomic E-state index is 0.841. The molecule has 0 spiro atoms. The lowest BCUT2D eigenvalue weighted by Crippen LogP contribution is -1.97. The maximum absolute atomic E-state index is 3.42. The van der Waals surface area contributed by atoms with Crippen LogP contribution >= 0.6 is 0 Å². The molecule has 0 aliphatic rings. The van der Waals surface area contributed by atoms with E-state index in [0.29, 0.717) is 0 Å². The molecule has 0 amide bonds. The summed E-state index contributed by atoms with van der Waals surface area (Å²) >= 11 is 0. The predicted octanol–water partition coefficient (Wildman–Crippen LogP) is 3.78. The van der Waals surface area contributed by atoms with Crippen molar-refractivity contribution in [3.8, 4) is 0 Å². The molecule has 3 aromatic rings. The van der Waals surface area contributed by atoms with Crippen molar-refractivity contribution in [3.63, 3.8) is 0 Å². The Balaban J connectivity index is 1.82. The molecule has 0 aliphatic heterocycles. The van der Waals surface area contributed by atoms with Crippen LogP contribution in [-0.4, -0.2) is 4.98 Å². The first-order valence-electron chi connectivity index (χ1n) is 5.77. The van der Waals surface area contributed by atoms with E-state index in [9.17, 15) is 0 Å². The van der Waals surface area contributed by atoms with Gasteiger partial charge in [-0.1, -0.05) is 36.4 Å². The fourth-order valence-corrected chi connectivity index (χ4v) is 2.03. The first-order chi connectivity index (χ1) is 8.43. The van der Waals surface area contributed by atoms with Crippen molar-refractivity contribution in [2.24, 2.45) is 0 Å². The molecule has 0 saturated carbocycles. The second-order valence-corrected chi connectivity index (χ2v) is 4.08. The molecule has 0 radical (unpaired) electrons. The van der Waals surface area contributed by atoms with E-state index in [1.165, 1.54) is 16.5 Å². The Kier molecular flexibility index (Phi) is 2.54. The molecule has 1 aromatic heterocycles. The van der Waals surface area contributed by atoms with E-state index in [1.54, 1.807) is 0 Å². The van der Waals surface area contributed by atoms with Crippen LogP contribution in [0.1, 0.15) is 5.56 Å². The van der Waals surface area contributed by atoms with Gasteiger partial charge in [0.15, 0.2) is 0 Å². The lowest BCUT2D eigenvalue weighted by molar-refractivity contribution is 1.16. The van der Waals surface area contributed by atoms with Crippen molar-refractivity contribution in [2.45, 2.75) is 6.54 Å². The Hall–Kier alpha value is -2.22. The highest BCUT2D eigenvalue weighted by Crippen LogP contribution is 2.18.